The predicted molar refractivity (Wildman–Crippen MR) is 88.3 cm³/mol. The molecular weight excluding hydrogens is 292 g/mol. The summed E-state index contributed by atoms with van der Waals surface area (Å²) in [6.45, 7) is 5.79. The van der Waals surface area contributed by atoms with Crippen molar-refractivity contribution in [1.29, 1.82) is 0 Å². The number of anilines is 1. The molecule has 1 aliphatic rings. The van der Waals surface area contributed by atoms with Crippen LogP contribution in [0.3, 0.4) is 0 Å². The van der Waals surface area contributed by atoms with Gasteiger partial charge in [-0.1, -0.05) is 18.2 Å². The van der Waals surface area contributed by atoms with E-state index in [0.717, 1.165) is 17.9 Å². The number of aromatic nitrogens is 1. The average Bonchev–Trinajstić information content (AvgIpc) is 2.90. The quantitative estimate of drug-likeness (QED) is 0.926. The molecular formula is C17H22N4O2. The molecule has 122 valence electrons. The summed E-state index contributed by atoms with van der Waals surface area (Å²) >= 11 is 0. The van der Waals surface area contributed by atoms with Crippen LogP contribution in [-0.2, 0) is 6.54 Å². The molecule has 1 atom stereocenters. The molecule has 2 amide bonds. The first kappa shape index (κ1) is 15.4. The zero-order valence-corrected chi connectivity index (χ0v) is 13.7. The number of carbonyl (C=O) groups is 1. The van der Waals surface area contributed by atoms with Crippen molar-refractivity contribution < 1.29 is 9.21 Å². The van der Waals surface area contributed by atoms with Crippen molar-refractivity contribution in [3.05, 3.63) is 47.7 Å². The Balaban J connectivity index is 1.70. The number of para-hydroxylation sites is 1. The zero-order valence-electron chi connectivity index (χ0n) is 13.7. The number of rotatable bonds is 2. The van der Waals surface area contributed by atoms with Crippen LogP contribution >= 0.6 is 0 Å². The first-order chi connectivity index (χ1) is 11.0. The number of hydrogen-bond donors (Lipinski definition) is 1. The van der Waals surface area contributed by atoms with Gasteiger partial charge in [0.05, 0.1) is 6.20 Å². The van der Waals surface area contributed by atoms with Crippen molar-refractivity contribution in [3.63, 3.8) is 0 Å². The van der Waals surface area contributed by atoms with E-state index in [1.807, 2.05) is 30.9 Å². The van der Waals surface area contributed by atoms with Crippen LogP contribution < -0.4 is 10.2 Å². The molecule has 0 saturated carbocycles. The Morgan fingerprint density at radius 2 is 2.13 bits per heavy atom. The maximum atomic E-state index is 12.6. The van der Waals surface area contributed by atoms with E-state index in [4.69, 9.17) is 4.42 Å². The average molecular weight is 314 g/mol. The molecule has 0 aliphatic carbocycles. The molecule has 0 spiro atoms. The van der Waals surface area contributed by atoms with Gasteiger partial charge in [-0.3, -0.25) is 0 Å². The SMILES string of the molecule is Cc1cnc(C(C)NC(=O)N2CCN(C)c3ccccc3C2)o1. The highest BCUT2D eigenvalue weighted by Gasteiger charge is 2.23. The van der Waals surface area contributed by atoms with Crippen LogP contribution in [0.5, 0.6) is 0 Å². The van der Waals surface area contributed by atoms with E-state index < -0.39 is 0 Å². The van der Waals surface area contributed by atoms with Crippen LogP contribution in [0.2, 0.25) is 0 Å². The van der Waals surface area contributed by atoms with E-state index in [0.29, 0.717) is 19.0 Å². The molecule has 3 rings (SSSR count). The highest BCUT2D eigenvalue weighted by molar-refractivity contribution is 5.75. The van der Waals surface area contributed by atoms with Crippen LogP contribution in [0.4, 0.5) is 10.5 Å². The van der Waals surface area contributed by atoms with Gasteiger partial charge in [-0.2, -0.15) is 0 Å². The van der Waals surface area contributed by atoms with E-state index >= 15 is 0 Å². The number of oxazole rings is 1. The van der Waals surface area contributed by atoms with E-state index in [-0.39, 0.29) is 12.1 Å². The van der Waals surface area contributed by atoms with Gasteiger partial charge in [0.1, 0.15) is 11.8 Å². The minimum absolute atomic E-state index is 0.0987. The molecule has 0 bridgehead atoms. The summed E-state index contributed by atoms with van der Waals surface area (Å²) in [6.07, 6.45) is 1.66. The maximum absolute atomic E-state index is 12.6. The second kappa shape index (κ2) is 6.32. The first-order valence-electron chi connectivity index (χ1n) is 7.81. The van der Waals surface area contributed by atoms with Gasteiger partial charge in [0.15, 0.2) is 0 Å². The largest absolute Gasteiger partial charge is 0.444 e. The Labute approximate surface area is 136 Å². The number of carbonyl (C=O) groups excluding carboxylic acids is 1. The van der Waals surface area contributed by atoms with Crippen LogP contribution in [0, 0.1) is 6.92 Å². The molecule has 2 aromatic rings. The molecule has 6 heteroatoms. The topological polar surface area (TPSA) is 61.6 Å². The molecule has 1 N–H and O–H groups in total. The highest BCUT2D eigenvalue weighted by atomic mass is 16.4. The molecule has 1 aromatic heterocycles. The van der Waals surface area contributed by atoms with Gasteiger partial charge in [0, 0.05) is 32.4 Å². The third-order valence-electron chi connectivity index (χ3n) is 4.11. The Bertz CT molecular complexity index is 697. The second-order valence-corrected chi connectivity index (χ2v) is 5.95. The number of amides is 2. The number of benzene rings is 1. The third-order valence-corrected chi connectivity index (χ3v) is 4.11. The standard InChI is InChI=1S/C17H22N4O2/c1-12-10-18-16(23-12)13(2)19-17(22)21-9-8-20(3)15-7-5-4-6-14(15)11-21/h4-7,10,13H,8-9,11H2,1-3H3,(H,19,22). The third kappa shape index (κ3) is 3.31. The normalized spacial score (nSPS) is 15.8. The van der Waals surface area contributed by atoms with Gasteiger partial charge in [-0.25, -0.2) is 9.78 Å². The fourth-order valence-corrected chi connectivity index (χ4v) is 2.78. The Hall–Kier alpha value is -2.50. The van der Waals surface area contributed by atoms with Crippen LogP contribution in [0.25, 0.3) is 0 Å². The van der Waals surface area contributed by atoms with Gasteiger partial charge >= 0.3 is 6.03 Å². The van der Waals surface area contributed by atoms with Crippen molar-refractivity contribution in [3.8, 4) is 0 Å². The van der Waals surface area contributed by atoms with E-state index in [9.17, 15) is 4.79 Å². The lowest BCUT2D eigenvalue weighted by atomic mass is 10.1. The number of nitrogens with one attached hydrogen (secondary N) is 1. The fraction of sp³-hybridized carbons (Fsp3) is 0.412. The summed E-state index contributed by atoms with van der Waals surface area (Å²) in [5.74, 6) is 1.27. The lowest BCUT2D eigenvalue weighted by Gasteiger charge is -2.23. The van der Waals surface area contributed by atoms with Gasteiger partial charge < -0.3 is 19.5 Å². The van der Waals surface area contributed by atoms with Gasteiger partial charge in [0.2, 0.25) is 5.89 Å². The van der Waals surface area contributed by atoms with Crippen molar-refractivity contribution in [2.24, 2.45) is 0 Å². The molecule has 0 radical (unpaired) electrons. The van der Waals surface area contributed by atoms with E-state index in [1.54, 1.807) is 6.20 Å². The minimum atomic E-state index is -0.257. The molecule has 1 aliphatic heterocycles. The highest BCUT2D eigenvalue weighted by Crippen LogP contribution is 2.24. The molecule has 23 heavy (non-hydrogen) atoms. The smallest absolute Gasteiger partial charge is 0.318 e. The summed E-state index contributed by atoms with van der Waals surface area (Å²) in [4.78, 5) is 20.8. The Morgan fingerprint density at radius 1 is 1.35 bits per heavy atom. The number of aryl methyl sites for hydroxylation is 1. The van der Waals surface area contributed by atoms with E-state index in [1.165, 1.54) is 5.69 Å². The fourth-order valence-electron chi connectivity index (χ4n) is 2.78. The first-order valence-corrected chi connectivity index (χ1v) is 7.81. The predicted octanol–water partition coefficient (Wildman–Crippen LogP) is 2.71. The summed E-state index contributed by atoms with van der Waals surface area (Å²) in [5, 5.41) is 2.96. The summed E-state index contributed by atoms with van der Waals surface area (Å²) in [7, 11) is 2.05. The molecule has 1 unspecified atom stereocenters. The number of urea groups is 1. The molecule has 0 fully saturated rings. The molecule has 1 aromatic carbocycles. The van der Waals surface area contributed by atoms with Crippen molar-refractivity contribution >= 4 is 11.7 Å². The number of nitrogens with zero attached hydrogens (tertiary/aromatic N) is 3. The zero-order chi connectivity index (χ0) is 16.4. The molecule has 0 saturated heterocycles. The Kier molecular flexibility index (Phi) is 4.23. The van der Waals surface area contributed by atoms with Gasteiger partial charge in [-0.15, -0.1) is 0 Å². The van der Waals surface area contributed by atoms with Crippen LogP contribution in [0.15, 0.2) is 34.9 Å². The van der Waals surface area contributed by atoms with E-state index in [2.05, 4.69) is 34.4 Å². The number of fused-ring (bicyclic) bond motifs is 1. The van der Waals surface area contributed by atoms with Crippen LogP contribution in [0.1, 0.15) is 30.2 Å². The van der Waals surface area contributed by atoms with Gasteiger partial charge in [-0.05, 0) is 25.5 Å². The maximum Gasteiger partial charge on any atom is 0.318 e. The monoisotopic (exact) mass is 314 g/mol. The summed E-state index contributed by atoms with van der Waals surface area (Å²) in [6, 6.07) is 7.84. The van der Waals surface area contributed by atoms with Crippen molar-refractivity contribution in [2.75, 3.05) is 25.0 Å². The lowest BCUT2D eigenvalue weighted by molar-refractivity contribution is 0.192. The number of hydrogen-bond acceptors (Lipinski definition) is 4. The van der Waals surface area contributed by atoms with Crippen molar-refractivity contribution in [1.82, 2.24) is 15.2 Å². The van der Waals surface area contributed by atoms with Crippen LogP contribution in [-0.4, -0.2) is 36.1 Å². The Morgan fingerprint density at radius 3 is 2.87 bits per heavy atom. The van der Waals surface area contributed by atoms with Crippen molar-refractivity contribution in [2.45, 2.75) is 26.4 Å². The second-order valence-electron chi connectivity index (χ2n) is 5.95. The summed E-state index contributed by atoms with van der Waals surface area (Å²) < 4.78 is 5.48. The molecule has 2 heterocycles. The minimum Gasteiger partial charge on any atom is -0.444 e. The van der Waals surface area contributed by atoms with Gasteiger partial charge in [0.25, 0.3) is 0 Å². The lowest BCUT2D eigenvalue weighted by Crippen LogP contribution is -2.42. The summed E-state index contributed by atoms with van der Waals surface area (Å²) in [5.41, 5.74) is 2.33. The molecule has 6 nitrogen and oxygen atoms in total. The number of likely N-dealkylation sites (N-methyl/N-ethyl adjacent to an activating group) is 1.